The molecule has 1 aliphatic heterocycles. The van der Waals surface area contributed by atoms with E-state index < -0.39 is 30.5 Å². The van der Waals surface area contributed by atoms with E-state index in [0.29, 0.717) is 43.2 Å². The standard InChI is InChI=1S/C26H29F5N4O2/c1-14(2)35-23(36)22(34-25(35)32)21-11-16(18-10-19(13-33-12-18)26(29,30)31)5-6-17(21)9-15-3-7-20(8-4-15)37-24(27)28/h5-6,10-15,20,22,24H,3-4,7-9H2,1-2H3,(H2,32,34)/t15-,20+,22?. The number of guanidine groups is 1. The fraction of sp³-hybridized carbons (Fsp3) is 0.500. The Morgan fingerprint density at radius 2 is 1.78 bits per heavy atom. The molecule has 1 aromatic carbocycles. The first kappa shape index (κ1) is 27.0. The SMILES string of the molecule is CC(C)N1C(=O)C(c2cc(-c3cncc(C(F)(F)F)c3)ccc2C[C@H]2CC[C@@H](OC(F)F)CC2)N=C1N. The number of nitrogens with zero attached hydrogens (tertiary/aromatic N) is 3. The first-order chi connectivity index (χ1) is 17.4. The predicted molar refractivity (Wildman–Crippen MR) is 128 cm³/mol. The van der Waals surface area contributed by atoms with Crippen LogP contribution in [0.15, 0.2) is 41.7 Å². The van der Waals surface area contributed by atoms with E-state index >= 15 is 0 Å². The van der Waals surface area contributed by atoms with Gasteiger partial charge in [0.1, 0.15) is 0 Å². The van der Waals surface area contributed by atoms with Gasteiger partial charge in [0.15, 0.2) is 12.0 Å². The van der Waals surface area contributed by atoms with Crippen LogP contribution in [0.25, 0.3) is 11.1 Å². The summed E-state index contributed by atoms with van der Waals surface area (Å²) in [7, 11) is 0. The predicted octanol–water partition coefficient (Wildman–Crippen LogP) is 5.71. The first-order valence-electron chi connectivity index (χ1n) is 12.2. The molecule has 1 unspecified atom stereocenters. The van der Waals surface area contributed by atoms with Gasteiger partial charge in [-0.3, -0.25) is 14.7 Å². The van der Waals surface area contributed by atoms with Crippen LogP contribution in [0.3, 0.4) is 0 Å². The highest BCUT2D eigenvalue weighted by Gasteiger charge is 2.38. The number of benzene rings is 1. The number of hydrogen-bond donors (Lipinski definition) is 1. The minimum absolute atomic E-state index is 0.0896. The maximum atomic E-state index is 13.3. The monoisotopic (exact) mass is 524 g/mol. The number of halogens is 5. The molecule has 1 aliphatic carbocycles. The number of alkyl halides is 5. The summed E-state index contributed by atoms with van der Waals surface area (Å²) in [6.07, 6.45) is 0.0177. The van der Waals surface area contributed by atoms with Crippen molar-refractivity contribution in [1.29, 1.82) is 0 Å². The van der Waals surface area contributed by atoms with Gasteiger partial charge in [-0.05, 0) is 80.7 Å². The van der Waals surface area contributed by atoms with Gasteiger partial charge in [-0.1, -0.05) is 12.1 Å². The number of ether oxygens (including phenoxy) is 1. The van der Waals surface area contributed by atoms with E-state index in [-0.39, 0.29) is 29.4 Å². The molecule has 1 atom stereocenters. The van der Waals surface area contributed by atoms with Crippen molar-refractivity contribution in [2.75, 3.05) is 0 Å². The van der Waals surface area contributed by atoms with Crippen LogP contribution in [0.1, 0.15) is 62.3 Å². The zero-order chi connectivity index (χ0) is 26.9. The van der Waals surface area contributed by atoms with Gasteiger partial charge in [0.2, 0.25) is 0 Å². The van der Waals surface area contributed by atoms with Gasteiger partial charge in [-0.25, -0.2) is 4.99 Å². The van der Waals surface area contributed by atoms with E-state index in [4.69, 9.17) is 5.73 Å². The molecule has 0 spiro atoms. The third-order valence-electron chi connectivity index (χ3n) is 6.93. The molecule has 2 heterocycles. The zero-order valence-electron chi connectivity index (χ0n) is 20.5. The molecular weight excluding hydrogens is 495 g/mol. The molecule has 2 aromatic rings. The number of aromatic nitrogens is 1. The molecule has 6 nitrogen and oxygen atoms in total. The van der Waals surface area contributed by atoms with E-state index in [1.165, 1.54) is 11.1 Å². The summed E-state index contributed by atoms with van der Waals surface area (Å²) >= 11 is 0. The summed E-state index contributed by atoms with van der Waals surface area (Å²) in [5.74, 6) is -0.0368. The number of amides is 1. The first-order valence-corrected chi connectivity index (χ1v) is 12.2. The second-order valence-electron chi connectivity index (χ2n) is 9.81. The fourth-order valence-corrected chi connectivity index (χ4v) is 5.11. The van der Waals surface area contributed by atoms with Crippen molar-refractivity contribution in [2.45, 2.75) is 76.9 Å². The van der Waals surface area contributed by atoms with E-state index in [1.54, 1.807) is 18.2 Å². The quantitative estimate of drug-likeness (QED) is 0.470. The summed E-state index contributed by atoms with van der Waals surface area (Å²) in [6, 6.07) is 5.06. The number of carbonyl (C=O) groups is 1. The molecule has 1 saturated carbocycles. The summed E-state index contributed by atoms with van der Waals surface area (Å²) in [5.41, 5.74) is 7.29. The van der Waals surface area contributed by atoms with Crippen molar-refractivity contribution in [3.8, 4) is 11.1 Å². The Morgan fingerprint density at radius 3 is 2.38 bits per heavy atom. The molecule has 0 bridgehead atoms. The number of nitrogens with two attached hydrogens (primary N) is 1. The third-order valence-corrected chi connectivity index (χ3v) is 6.93. The molecular formula is C26H29F5N4O2. The second kappa shape index (κ2) is 10.7. The van der Waals surface area contributed by atoms with Crippen LogP contribution in [0.2, 0.25) is 0 Å². The topological polar surface area (TPSA) is 80.8 Å². The van der Waals surface area contributed by atoms with Gasteiger partial charge in [0.05, 0.1) is 11.7 Å². The lowest BCUT2D eigenvalue weighted by Crippen LogP contribution is -2.42. The summed E-state index contributed by atoms with van der Waals surface area (Å²) in [6.45, 7) is 0.828. The van der Waals surface area contributed by atoms with Gasteiger partial charge >= 0.3 is 12.8 Å². The smallest absolute Gasteiger partial charge is 0.369 e. The van der Waals surface area contributed by atoms with E-state index in [1.807, 2.05) is 13.8 Å². The maximum Gasteiger partial charge on any atom is 0.417 e. The van der Waals surface area contributed by atoms with Crippen molar-refractivity contribution >= 4 is 11.9 Å². The molecule has 11 heteroatoms. The molecule has 2 N–H and O–H groups in total. The van der Waals surface area contributed by atoms with E-state index in [9.17, 15) is 26.7 Å². The molecule has 37 heavy (non-hydrogen) atoms. The van der Waals surface area contributed by atoms with Crippen molar-refractivity contribution in [1.82, 2.24) is 9.88 Å². The van der Waals surface area contributed by atoms with Gasteiger partial charge in [-0.15, -0.1) is 0 Å². The maximum absolute atomic E-state index is 13.3. The highest BCUT2D eigenvalue weighted by molar-refractivity contribution is 6.05. The number of pyridine rings is 1. The minimum atomic E-state index is -4.55. The Bertz CT molecular complexity index is 1160. The molecule has 1 aromatic heterocycles. The van der Waals surface area contributed by atoms with Crippen LogP contribution >= 0.6 is 0 Å². The van der Waals surface area contributed by atoms with Crippen LogP contribution in [-0.2, 0) is 22.1 Å². The average molecular weight is 525 g/mol. The van der Waals surface area contributed by atoms with Crippen molar-refractivity contribution in [3.63, 3.8) is 0 Å². The lowest BCUT2D eigenvalue weighted by molar-refractivity contribution is -0.171. The Balaban J connectivity index is 1.67. The molecule has 2 aliphatic rings. The Labute approximate surface area is 211 Å². The molecule has 1 amide bonds. The molecule has 1 fully saturated rings. The van der Waals surface area contributed by atoms with Crippen molar-refractivity contribution in [2.24, 2.45) is 16.6 Å². The number of hydrogen-bond acceptors (Lipinski definition) is 5. The molecule has 4 rings (SSSR count). The van der Waals surface area contributed by atoms with Crippen LogP contribution in [0.4, 0.5) is 22.0 Å². The Morgan fingerprint density at radius 1 is 1.08 bits per heavy atom. The summed E-state index contributed by atoms with van der Waals surface area (Å²) < 4.78 is 69.6. The fourth-order valence-electron chi connectivity index (χ4n) is 5.11. The number of rotatable bonds is 7. The molecule has 0 radical (unpaired) electrons. The van der Waals surface area contributed by atoms with Crippen LogP contribution in [0, 0.1) is 5.92 Å². The highest BCUT2D eigenvalue weighted by Crippen LogP contribution is 2.37. The van der Waals surface area contributed by atoms with Crippen molar-refractivity contribution < 1.29 is 31.5 Å². The largest absolute Gasteiger partial charge is 0.417 e. The van der Waals surface area contributed by atoms with E-state index in [0.717, 1.165) is 17.8 Å². The van der Waals surface area contributed by atoms with Gasteiger partial charge < -0.3 is 10.5 Å². The minimum Gasteiger partial charge on any atom is -0.369 e. The van der Waals surface area contributed by atoms with Crippen LogP contribution in [0.5, 0.6) is 0 Å². The Hall–Kier alpha value is -3.08. The summed E-state index contributed by atoms with van der Waals surface area (Å²) in [4.78, 5) is 22.8. The van der Waals surface area contributed by atoms with Gasteiger partial charge in [0.25, 0.3) is 5.91 Å². The summed E-state index contributed by atoms with van der Waals surface area (Å²) in [5, 5.41) is 0. The normalized spacial score (nSPS) is 22.7. The lowest BCUT2D eigenvalue weighted by atomic mass is 9.81. The van der Waals surface area contributed by atoms with Gasteiger partial charge in [0, 0.05) is 24.0 Å². The van der Waals surface area contributed by atoms with Crippen LogP contribution < -0.4 is 5.73 Å². The molecule has 0 saturated heterocycles. The molecule has 200 valence electrons. The van der Waals surface area contributed by atoms with Crippen LogP contribution in [-0.4, -0.2) is 40.5 Å². The average Bonchev–Trinajstić information content (AvgIpc) is 3.13. The third kappa shape index (κ3) is 6.08. The zero-order valence-corrected chi connectivity index (χ0v) is 20.5. The second-order valence-corrected chi connectivity index (χ2v) is 9.81. The number of carbonyl (C=O) groups excluding carboxylic acids is 1. The van der Waals surface area contributed by atoms with Crippen molar-refractivity contribution in [3.05, 3.63) is 53.3 Å². The van der Waals surface area contributed by atoms with E-state index in [2.05, 4.69) is 14.7 Å². The number of aliphatic imine (C=N–C) groups is 1. The highest BCUT2D eigenvalue weighted by atomic mass is 19.4. The Kier molecular flexibility index (Phi) is 7.82. The lowest BCUT2D eigenvalue weighted by Gasteiger charge is -2.29. The van der Waals surface area contributed by atoms with Gasteiger partial charge in [-0.2, -0.15) is 22.0 Å².